The molecule has 22 heavy (non-hydrogen) atoms. The van der Waals surface area contributed by atoms with E-state index in [1.807, 2.05) is 12.1 Å². The van der Waals surface area contributed by atoms with Crippen molar-refractivity contribution in [3.05, 3.63) is 70.7 Å². The summed E-state index contributed by atoms with van der Waals surface area (Å²) in [6.07, 6.45) is 5.29. The maximum atomic E-state index is 6.05. The highest BCUT2D eigenvalue weighted by molar-refractivity contribution is 6.30. The van der Waals surface area contributed by atoms with Gasteiger partial charge in [-0.1, -0.05) is 60.5 Å². The van der Waals surface area contributed by atoms with Gasteiger partial charge in [0.05, 0.1) is 0 Å². The van der Waals surface area contributed by atoms with Crippen LogP contribution in [0, 0.1) is 0 Å². The van der Waals surface area contributed by atoms with Crippen LogP contribution in [0.25, 0.3) is 0 Å². The molecule has 2 aromatic rings. The van der Waals surface area contributed by atoms with E-state index in [9.17, 15) is 0 Å². The molecule has 0 N–H and O–H groups in total. The van der Waals surface area contributed by atoms with Crippen LogP contribution in [0.3, 0.4) is 0 Å². The summed E-state index contributed by atoms with van der Waals surface area (Å²) >= 11 is 6.05. The Morgan fingerprint density at radius 1 is 0.818 bits per heavy atom. The summed E-state index contributed by atoms with van der Waals surface area (Å²) in [6, 6.07) is 19.2. The van der Waals surface area contributed by atoms with Crippen molar-refractivity contribution in [2.75, 3.05) is 19.6 Å². The third-order valence-electron chi connectivity index (χ3n) is 4.66. The minimum atomic E-state index is 0.459. The van der Waals surface area contributed by atoms with Crippen molar-refractivity contribution in [1.82, 2.24) is 4.90 Å². The van der Waals surface area contributed by atoms with Crippen molar-refractivity contribution in [2.24, 2.45) is 0 Å². The van der Waals surface area contributed by atoms with E-state index < -0.39 is 0 Å². The maximum absolute atomic E-state index is 6.05. The molecule has 1 aliphatic rings. The lowest BCUT2D eigenvalue weighted by Crippen LogP contribution is -2.31. The van der Waals surface area contributed by atoms with E-state index in [-0.39, 0.29) is 0 Å². The fourth-order valence-electron chi connectivity index (χ4n) is 3.40. The number of hydrogen-bond acceptors (Lipinski definition) is 1. The first-order valence-corrected chi connectivity index (χ1v) is 8.73. The van der Waals surface area contributed by atoms with Crippen LogP contribution >= 0.6 is 11.6 Å². The molecular formula is C20H24ClN. The van der Waals surface area contributed by atoms with Crippen molar-refractivity contribution >= 4 is 11.6 Å². The second kappa shape index (κ2) is 7.80. The highest BCUT2D eigenvalue weighted by Crippen LogP contribution is 2.29. The van der Waals surface area contributed by atoms with E-state index >= 15 is 0 Å². The standard InChI is InChI=1S/C20H24ClN/c21-19-11-9-18(10-12-19)20(17-7-3-1-4-8-17)13-16-22-14-5-2-6-15-22/h1,3-4,7-12,20H,2,5-6,13-16H2/t20-/m1/s1. The maximum Gasteiger partial charge on any atom is 0.0406 e. The first-order chi connectivity index (χ1) is 10.8. The number of rotatable bonds is 5. The molecule has 0 aromatic heterocycles. The van der Waals surface area contributed by atoms with Crippen LogP contribution in [0.4, 0.5) is 0 Å². The Balaban J connectivity index is 1.75. The van der Waals surface area contributed by atoms with Crippen molar-refractivity contribution in [3.63, 3.8) is 0 Å². The number of halogens is 1. The largest absolute Gasteiger partial charge is 0.303 e. The summed E-state index contributed by atoms with van der Waals surface area (Å²) in [5, 5.41) is 0.812. The summed E-state index contributed by atoms with van der Waals surface area (Å²) < 4.78 is 0. The molecule has 2 heteroatoms. The second-order valence-corrected chi connectivity index (χ2v) is 6.64. The van der Waals surface area contributed by atoms with Crippen LogP contribution in [0.15, 0.2) is 54.6 Å². The fraction of sp³-hybridized carbons (Fsp3) is 0.400. The van der Waals surface area contributed by atoms with E-state index in [1.54, 1.807) is 0 Å². The lowest BCUT2D eigenvalue weighted by Gasteiger charge is -2.28. The summed E-state index contributed by atoms with van der Waals surface area (Å²) in [7, 11) is 0. The van der Waals surface area contributed by atoms with Crippen LogP contribution in [0.1, 0.15) is 42.7 Å². The highest BCUT2D eigenvalue weighted by atomic mass is 35.5. The van der Waals surface area contributed by atoms with Gasteiger partial charge in [0.1, 0.15) is 0 Å². The molecule has 0 spiro atoms. The second-order valence-electron chi connectivity index (χ2n) is 6.21. The minimum Gasteiger partial charge on any atom is -0.303 e. The van der Waals surface area contributed by atoms with Gasteiger partial charge in [-0.25, -0.2) is 0 Å². The number of nitrogens with zero attached hydrogens (tertiary/aromatic N) is 1. The Bertz CT molecular complexity index is 558. The quantitative estimate of drug-likeness (QED) is 0.719. The Hall–Kier alpha value is -1.31. The zero-order valence-electron chi connectivity index (χ0n) is 13.0. The number of benzene rings is 2. The number of hydrogen-bond donors (Lipinski definition) is 0. The van der Waals surface area contributed by atoms with E-state index in [0.29, 0.717) is 5.92 Å². The number of likely N-dealkylation sites (tertiary alicyclic amines) is 1. The van der Waals surface area contributed by atoms with Gasteiger partial charge >= 0.3 is 0 Å². The Labute approximate surface area is 138 Å². The average Bonchev–Trinajstić information content (AvgIpc) is 2.58. The normalized spacial score (nSPS) is 17.3. The zero-order valence-corrected chi connectivity index (χ0v) is 13.8. The molecule has 0 radical (unpaired) electrons. The van der Waals surface area contributed by atoms with Crippen molar-refractivity contribution in [3.8, 4) is 0 Å². The van der Waals surface area contributed by atoms with Gasteiger partial charge < -0.3 is 4.90 Å². The average molecular weight is 314 g/mol. The summed E-state index contributed by atoms with van der Waals surface area (Å²) in [5.41, 5.74) is 2.77. The molecule has 0 saturated carbocycles. The first kappa shape index (κ1) is 15.6. The predicted octanol–water partition coefficient (Wildman–Crippen LogP) is 5.35. The van der Waals surface area contributed by atoms with E-state index in [2.05, 4.69) is 47.4 Å². The monoisotopic (exact) mass is 313 g/mol. The van der Waals surface area contributed by atoms with Gasteiger partial charge in [0.2, 0.25) is 0 Å². The van der Waals surface area contributed by atoms with Crippen LogP contribution < -0.4 is 0 Å². The third kappa shape index (κ3) is 4.12. The first-order valence-electron chi connectivity index (χ1n) is 8.36. The summed E-state index contributed by atoms with van der Waals surface area (Å²) in [6.45, 7) is 3.71. The molecule has 0 unspecified atom stereocenters. The van der Waals surface area contributed by atoms with Gasteiger partial charge in [-0.3, -0.25) is 0 Å². The molecule has 1 nitrogen and oxygen atoms in total. The van der Waals surface area contributed by atoms with Crippen LogP contribution in [0.5, 0.6) is 0 Å². The van der Waals surface area contributed by atoms with Gasteiger partial charge in [0.15, 0.2) is 0 Å². The van der Waals surface area contributed by atoms with Crippen LogP contribution in [0.2, 0.25) is 5.02 Å². The molecule has 1 atom stereocenters. The van der Waals surface area contributed by atoms with Crippen molar-refractivity contribution in [2.45, 2.75) is 31.6 Å². The third-order valence-corrected chi connectivity index (χ3v) is 4.91. The van der Waals surface area contributed by atoms with Gasteiger partial charge in [0.25, 0.3) is 0 Å². The Morgan fingerprint density at radius 2 is 1.45 bits per heavy atom. The van der Waals surface area contributed by atoms with E-state index in [4.69, 9.17) is 11.6 Å². The van der Waals surface area contributed by atoms with Gasteiger partial charge in [-0.05, 0) is 62.2 Å². The molecule has 1 fully saturated rings. The molecular weight excluding hydrogens is 290 g/mol. The molecule has 2 aromatic carbocycles. The minimum absolute atomic E-state index is 0.459. The van der Waals surface area contributed by atoms with Gasteiger partial charge in [-0.15, -0.1) is 0 Å². The summed E-state index contributed by atoms with van der Waals surface area (Å²) in [4.78, 5) is 2.62. The topological polar surface area (TPSA) is 3.24 Å². The van der Waals surface area contributed by atoms with Gasteiger partial charge in [-0.2, -0.15) is 0 Å². The van der Waals surface area contributed by atoms with Crippen molar-refractivity contribution < 1.29 is 0 Å². The smallest absolute Gasteiger partial charge is 0.0406 e. The molecule has 116 valence electrons. The Morgan fingerprint density at radius 3 is 2.14 bits per heavy atom. The molecule has 0 aliphatic carbocycles. The van der Waals surface area contributed by atoms with Gasteiger partial charge in [0, 0.05) is 10.9 Å². The number of piperidine rings is 1. The Kier molecular flexibility index (Phi) is 5.53. The van der Waals surface area contributed by atoms with E-state index in [1.165, 1.54) is 56.4 Å². The molecule has 0 bridgehead atoms. The molecule has 0 amide bonds. The predicted molar refractivity (Wildman–Crippen MR) is 94.6 cm³/mol. The molecule has 1 saturated heterocycles. The lowest BCUT2D eigenvalue weighted by atomic mass is 9.88. The van der Waals surface area contributed by atoms with E-state index in [0.717, 1.165) is 5.02 Å². The van der Waals surface area contributed by atoms with Crippen LogP contribution in [-0.2, 0) is 0 Å². The lowest BCUT2D eigenvalue weighted by molar-refractivity contribution is 0.223. The summed E-state index contributed by atoms with van der Waals surface area (Å²) in [5.74, 6) is 0.459. The SMILES string of the molecule is Clc1ccc([C@H](CCN2CCCCC2)c2ccccc2)cc1. The van der Waals surface area contributed by atoms with Crippen molar-refractivity contribution in [1.29, 1.82) is 0 Å². The van der Waals surface area contributed by atoms with Crippen LogP contribution in [-0.4, -0.2) is 24.5 Å². The molecule has 1 aliphatic heterocycles. The highest BCUT2D eigenvalue weighted by Gasteiger charge is 2.17. The zero-order chi connectivity index (χ0) is 15.2. The fourth-order valence-corrected chi connectivity index (χ4v) is 3.53. The molecule has 3 rings (SSSR count). The molecule has 1 heterocycles.